The van der Waals surface area contributed by atoms with E-state index in [0.717, 1.165) is 44.1 Å². The maximum absolute atomic E-state index is 12.9. The molecule has 7 heteroatoms. The summed E-state index contributed by atoms with van der Waals surface area (Å²) in [5.74, 6) is -0.0279. The molecule has 0 unspecified atom stereocenters. The van der Waals surface area contributed by atoms with Crippen molar-refractivity contribution in [2.75, 3.05) is 11.5 Å². The molecule has 46 heavy (non-hydrogen) atoms. The highest BCUT2D eigenvalue weighted by Gasteiger charge is 2.16. The second kappa shape index (κ2) is 11.9. The van der Waals surface area contributed by atoms with E-state index in [0.29, 0.717) is 34.0 Å². The lowest BCUT2D eigenvalue weighted by Gasteiger charge is -2.13. The number of esters is 2. The van der Waals surface area contributed by atoms with E-state index in [1.807, 2.05) is 78.9 Å². The molecule has 0 fully saturated rings. The van der Waals surface area contributed by atoms with Crippen LogP contribution < -0.4 is 20.9 Å². The highest BCUT2D eigenvalue weighted by molar-refractivity contribution is 6.03. The second-order valence-corrected chi connectivity index (χ2v) is 10.7. The van der Waals surface area contributed by atoms with Gasteiger partial charge < -0.3 is 20.9 Å². The lowest BCUT2D eigenvalue weighted by molar-refractivity contribution is 0.0727. The van der Waals surface area contributed by atoms with E-state index < -0.39 is 11.9 Å². The Labute approximate surface area is 264 Å². The SMILES string of the molecule is Nc1ccc(C(=O)Oc2cccc3c(-c4cccc(-c5cccc6c(OC(=O)c7ccc(N)cc7)cccc56)n4)cccc23)cc1. The molecule has 222 valence electrons. The van der Waals surface area contributed by atoms with Crippen LogP contribution in [0, 0.1) is 0 Å². The van der Waals surface area contributed by atoms with Gasteiger partial charge in [0, 0.05) is 33.3 Å². The van der Waals surface area contributed by atoms with Crippen LogP contribution in [0.2, 0.25) is 0 Å². The molecule has 0 saturated carbocycles. The summed E-state index contributed by atoms with van der Waals surface area (Å²) in [5, 5.41) is 3.36. The first-order chi connectivity index (χ1) is 22.4. The quantitative estimate of drug-likeness (QED) is 0.112. The Morgan fingerprint density at radius 3 is 1.24 bits per heavy atom. The van der Waals surface area contributed by atoms with Gasteiger partial charge in [-0.15, -0.1) is 0 Å². The van der Waals surface area contributed by atoms with Crippen molar-refractivity contribution in [2.45, 2.75) is 0 Å². The van der Waals surface area contributed by atoms with Crippen molar-refractivity contribution in [2.24, 2.45) is 0 Å². The highest BCUT2D eigenvalue weighted by Crippen LogP contribution is 2.37. The zero-order chi connectivity index (χ0) is 31.6. The number of carbonyl (C=O) groups excluding carboxylic acids is 2. The average Bonchev–Trinajstić information content (AvgIpc) is 3.08. The molecule has 4 N–H and O–H groups in total. The van der Waals surface area contributed by atoms with Gasteiger partial charge in [0.05, 0.1) is 22.5 Å². The first-order valence-corrected chi connectivity index (χ1v) is 14.6. The minimum Gasteiger partial charge on any atom is -0.422 e. The predicted molar refractivity (Wildman–Crippen MR) is 182 cm³/mol. The summed E-state index contributed by atoms with van der Waals surface area (Å²) in [4.78, 5) is 30.9. The molecule has 0 spiro atoms. The maximum Gasteiger partial charge on any atom is 0.343 e. The number of nitrogen functional groups attached to an aromatic ring is 2. The summed E-state index contributed by atoms with van der Waals surface area (Å²) in [6, 6.07) is 42.0. The molecule has 0 aliphatic heterocycles. The second-order valence-electron chi connectivity index (χ2n) is 10.7. The first kappa shape index (κ1) is 28.3. The van der Waals surface area contributed by atoms with Gasteiger partial charge in [-0.3, -0.25) is 0 Å². The van der Waals surface area contributed by atoms with Gasteiger partial charge in [-0.2, -0.15) is 0 Å². The summed E-state index contributed by atoms with van der Waals surface area (Å²) in [6.45, 7) is 0. The van der Waals surface area contributed by atoms with Crippen molar-refractivity contribution in [1.82, 2.24) is 4.98 Å². The summed E-state index contributed by atoms with van der Waals surface area (Å²) >= 11 is 0. The lowest BCUT2D eigenvalue weighted by Crippen LogP contribution is -2.08. The van der Waals surface area contributed by atoms with Gasteiger partial charge in [0.15, 0.2) is 0 Å². The van der Waals surface area contributed by atoms with E-state index in [1.54, 1.807) is 60.7 Å². The normalized spacial score (nSPS) is 11.0. The third-order valence-electron chi connectivity index (χ3n) is 7.76. The van der Waals surface area contributed by atoms with Crippen molar-refractivity contribution in [1.29, 1.82) is 0 Å². The number of aromatic nitrogens is 1. The van der Waals surface area contributed by atoms with E-state index in [9.17, 15) is 9.59 Å². The zero-order valence-electron chi connectivity index (χ0n) is 24.5. The fourth-order valence-corrected chi connectivity index (χ4v) is 5.48. The van der Waals surface area contributed by atoms with Gasteiger partial charge in [0.25, 0.3) is 0 Å². The molecule has 1 heterocycles. The summed E-state index contributed by atoms with van der Waals surface area (Å²) in [6.07, 6.45) is 0. The van der Waals surface area contributed by atoms with Crippen LogP contribution in [0.4, 0.5) is 11.4 Å². The van der Waals surface area contributed by atoms with Crippen molar-refractivity contribution >= 4 is 44.9 Å². The van der Waals surface area contributed by atoms with Crippen LogP contribution in [-0.4, -0.2) is 16.9 Å². The number of hydrogen-bond donors (Lipinski definition) is 2. The van der Waals surface area contributed by atoms with Gasteiger partial charge in [0.2, 0.25) is 0 Å². The highest BCUT2D eigenvalue weighted by atomic mass is 16.5. The fraction of sp³-hybridized carbons (Fsp3) is 0. The molecule has 0 radical (unpaired) electrons. The number of anilines is 2. The van der Waals surface area contributed by atoms with Crippen molar-refractivity contribution in [3.63, 3.8) is 0 Å². The number of pyridine rings is 1. The molecule has 7 aromatic rings. The standard InChI is InChI=1S/C39H27N3O4/c40-26-20-16-24(17-21-26)38(43)45-36-14-3-6-28-30(8-1-10-32(28)36)34-12-5-13-35(42-34)31-9-2-11-33-29(31)7-4-15-37(33)46-39(44)25-18-22-27(41)23-19-25/h1-23H,40-41H2. The van der Waals surface area contributed by atoms with Crippen LogP contribution in [0.3, 0.4) is 0 Å². The fourth-order valence-electron chi connectivity index (χ4n) is 5.48. The van der Waals surface area contributed by atoms with Gasteiger partial charge >= 0.3 is 11.9 Å². The van der Waals surface area contributed by atoms with Gasteiger partial charge in [-0.1, -0.05) is 66.7 Å². The van der Waals surface area contributed by atoms with Crippen LogP contribution in [-0.2, 0) is 0 Å². The number of hydrogen-bond acceptors (Lipinski definition) is 7. The maximum atomic E-state index is 12.9. The molecule has 0 saturated heterocycles. The number of rotatable bonds is 6. The van der Waals surface area contributed by atoms with Crippen LogP contribution in [0.25, 0.3) is 44.1 Å². The topological polar surface area (TPSA) is 118 Å². The van der Waals surface area contributed by atoms with Gasteiger partial charge in [0.1, 0.15) is 11.5 Å². The Bertz CT molecular complexity index is 2100. The van der Waals surface area contributed by atoms with Gasteiger partial charge in [-0.05, 0) is 83.6 Å². The number of carbonyl (C=O) groups is 2. The average molecular weight is 602 g/mol. The monoisotopic (exact) mass is 601 g/mol. The molecule has 0 atom stereocenters. The zero-order valence-corrected chi connectivity index (χ0v) is 24.5. The molecular weight excluding hydrogens is 574 g/mol. The molecule has 7 nitrogen and oxygen atoms in total. The third-order valence-corrected chi connectivity index (χ3v) is 7.76. The summed E-state index contributed by atoms with van der Waals surface area (Å²) < 4.78 is 11.6. The Morgan fingerprint density at radius 1 is 0.435 bits per heavy atom. The van der Waals surface area contributed by atoms with Crippen molar-refractivity contribution < 1.29 is 19.1 Å². The van der Waals surface area contributed by atoms with Crippen LogP contribution in [0.5, 0.6) is 11.5 Å². The third kappa shape index (κ3) is 5.49. The minimum absolute atomic E-state index is 0.412. The van der Waals surface area contributed by atoms with Crippen molar-refractivity contribution in [3.05, 3.63) is 151 Å². The number of benzene rings is 6. The predicted octanol–water partition coefficient (Wildman–Crippen LogP) is 8.32. The van der Waals surface area contributed by atoms with E-state index >= 15 is 0 Å². The van der Waals surface area contributed by atoms with E-state index in [1.165, 1.54) is 0 Å². The number of nitrogens with zero attached hydrogens (tertiary/aromatic N) is 1. The molecule has 1 aromatic heterocycles. The molecule has 0 aliphatic carbocycles. The van der Waals surface area contributed by atoms with Crippen LogP contribution >= 0.6 is 0 Å². The molecular formula is C39H27N3O4. The van der Waals surface area contributed by atoms with Crippen LogP contribution in [0.15, 0.2) is 140 Å². The van der Waals surface area contributed by atoms with Crippen molar-refractivity contribution in [3.8, 4) is 34.0 Å². The molecule has 0 aliphatic rings. The minimum atomic E-state index is -0.465. The Hall–Kier alpha value is -6.47. The molecule has 0 amide bonds. The van der Waals surface area contributed by atoms with E-state index in [-0.39, 0.29) is 0 Å². The Morgan fingerprint density at radius 2 is 0.804 bits per heavy atom. The molecule has 0 bridgehead atoms. The molecule has 7 rings (SSSR count). The summed E-state index contributed by atoms with van der Waals surface area (Å²) in [5.41, 5.74) is 16.8. The van der Waals surface area contributed by atoms with Gasteiger partial charge in [-0.25, -0.2) is 14.6 Å². The first-order valence-electron chi connectivity index (χ1n) is 14.6. The summed E-state index contributed by atoms with van der Waals surface area (Å²) in [7, 11) is 0. The lowest BCUT2D eigenvalue weighted by atomic mass is 9.98. The number of ether oxygens (including phenoxy) is 2. The van der Waals surface area contributed by atoms with E-state index in [2.05, 4.69) is 0 Å². The van der Waals surface area contributed by atoms with Crippen LogP contribution in [0.1, 0.15) is 20.7 Å². The Kier molecular flexibility index (Phi) is 7.32. The Balaban J connectivity index is 1.23. The smallest absolute Gasteiger partial charge is 0.343 e. The number of nitrogens with two attached hydrogens (primary N) is 2. The number of fused-ring (bicyclic) bond motifs is 2. The van der Waals surface area contributed by atoms with E-state index in [4.69, 9.17) is 25.9 Å². The largest absolute Gasteiger partial charge is 0.422 e. The molecule has 6 aromatic carbocycles.